The molecule has 1 aromatic carbocycles. The lowest BCUT2D eigenvalue weighted by atomic mass is 10.1. The van der Waals surface area contributed by atoms with Gasteiger partial charge in [-0.15, -0.1) is 0 Å². The highest BCUT2D eigenvalue weighted by Crippen LogP contribution is 2.32. The summed E-state index contributed by atoms with van der Waals surface area (Å²) in [6.07, 6.45) is 4.16. The fourth-order valence-corrected chi connectivity index (χ4v) is 3.75. The van der Waals surface area contributed by atoms with Gasteiger partial charge >= 0.3 is 6.09 Å². The first-order valence-electron chi connectivity index (χ1n) is 8.73. The molecule has 1 saturated carbocycles. The number of hydrogen-bond donors (Lipinski definition) is 1. The van der Waals surface area contributed by atoms with Crippen molar-refractivity contribution in [3.63, 3.8) is 0 Å². The Morgan fingerprint density at radius 1 is 1.30 bits per heavy atom. The van der Waals surface area contributed by atoms with Crippen molar-refractivity contribution in [2.75, 3.05) is 18.0 Å². The molecule has 0 bridgehead atoms. The number of carbonyl (C=O) groups is 1. The van der Waals surface area contributed by atoms with E-state index in [0.29, 0.717) is 5.92 Å². The maximum Gasteiger partial charge on any atom is 0.407 e. The van der Waals surface area contributed by atoms with Crippen LogP contribution < -0.4 is 10.2 Å². The van der Waals surface area contributed by atoms with Gasteiger partial charge < -0.3 is 15.0 Å². The molecule has 23 heavy (non-hydrogen) atoms. The number of ether oxygens (including phenoxy) is 1. The Labute approximate surface area is 139 Å². The van der Waals surface area contributed by atoms with E-state index in [-0.39, 0.29) is 12.1 Å². The standard InChI is InChI=1S/C19H28N2O2/c1-19(2,3)23-18(22)20-16-9-8-14(12-16)13-21-11-10-15-6-4-5-7-17(15)21/h4-7,14,16H,8-13H2,1-3H3,(H,20,22)/t14-,16+/m0/s1. The van der Waals surface area contributed by atoms with Crippen LogP contribution in [0.1, 0.15) is 45.6 Å². The fourth-order valence-electron chi connectivity index (χ4n) is 3.75. The molecule has 0 radical (unpaired) electrons. The third-order valence-corrected chi connectivity index (χ3v) is 4.72. The van der Waals surface area contributed by atoms with Crippen molar-refractivity contribution in [1.29, 1.82) is 0 Å². The van der Waals surface area contributed by atoms with Gasteiger partial charge in [-0.1, -0.05) is 18.2 Å². The maximum absolute atomic E-state index is 11.9. The van der Waals surface area contributed by atoms with E-state index >= 15 is 0 Å². The predicted molar refractivity (Wildman–Crippen MR) is 92.9 cm³/mol. The van der Waals surface area contributed by atoms with Crippen molar-refractivity contribution in [1.82, 2.24) is 5.32 Å². The topological polar surface area (TPSA) is 41.6 Å². The predicted octanol–water partition coefficient (Wildman–Crippen LogP) is 3.74. The molecule has 1 amide bonds. The zero-order valence-electron chi connectivity index (χ0n) is 14.5. The highest BCUT2D eigenvalue weighted by Gasteiger charge is 2.30. The zero-order chi connectivity index (χ0) is 16.4. The van der Waals surface area contributed by atoms with Gasteiger partial charge in [0.05, 0.1) is 0 Å². The fraction of sp³-hybridized carbons (Fsp3) is 0.632. The largest absolute Gasteiger partial charge is 0.444 e. The highest BCUT2D eigenvalue weighted by atomic mass is 16.6. The molecule has 1 aliphatic heterocycles. The van der Waals surface area contributed by atoms with Crippen LogP contribution in [0.4, 0.5) is 10.5 Å². The van der Waals surface area contributed by atoms with E-state index in [1.807, 2.05) is 20.8 Å². The van der Waals surface area contributed by atoms with Crippen molar-refractivity contribution < 1.29 is 9.53 Å². The van der Waals surface area contributed by atoms with E-state index in [2.05, 4.69) is 34.5 Å². The van der Waals surface area contributed by atoms with E-state index in [1.165, 1.54) is 17.7 Å². The van der Waals surface area contributed by atoms with Gasteiger partial charge in [0.2, 0.25) is 0 Å². The molecule has 0 aromatic heterocycles. The zero-order valence-corrected chi connectivity index (χ0v) is 14.5. The van der Waals surface area contributed by atoms with Gasteiger partial charge in [0.25, 0.3) is 0 Å². The van der Waals surface area contributed by atoms with E-state index in [0.717, 1.165) is 32.4 Å². The van der Waals surface area contributed by atoms with Gasteiger partial charge in [-0.05, 0) is 64.0 Å². The summed E-state index contributed by atoms with van der Waals surface area (Å²) in [6.45, 7) is 7.92. The Morgan fingerprint density at radius 2 is 2.09 bits per heavy atom. The number of carbonyl (C=O) groups excluding carboxylic acids is 1. The molecule has 0 saturated heterocycles. The number of anilines is 1. The quantitative estimate of drug-likeness (QED) is 0.923. The number of benzene rings is 1. The number of fused-ring (bicyclic) bond motifs is 1. The minimum Gasteiger partial charge on any atom is -0.444 e. The molecule has 0 spiro atoms. The second-order valence-corrected chi connectivity index (χ2v) is 7.85. The number of alkyl carbamates (subject to hydrolysis) is 1. The van der Waals surface area contributed by atoms with Crippen molar-refractivity contribution >= 4 is 11.8 Å². The molecule has 126 valence electrons. The summed E-state index contributed by atoms with van der Waals surface area (Å²) >= 11 is 0. The van der Waals surface area contributed by atoms with Gasteiger partial charge in [-0.3, -0.25) is 0 Å². The molecule has 4 heteroatoms. The first-order valence-corrected chi connectivity index (χ1v) is 8.73. The molecule has 1 fully saturated rings. The number of nitrogens with zero attached hydrogens (tertiary/aromatic N) is 1. The SMILES string of the molecule is CC(C)(C)OC(=O)N[C@@H]1CC[C@H](CN2CCc3ccccc32)C1. The third-order valence-electron chi connectivity index (χ3n) is 4.72. The Morgan fingerprint density at radius 3 is 2.87 bits per heavy atom. The summed E-state index contributed by atoms with van der Waals surface area (Å²) in [6, 6.07) is 8.97. The molecule has 1 aliphatic carbocycles. The monoisotopic (exact) mass is 316 g/mol. The van der Waals surface area contributed by atoms with Crippen LogP contribution in [0.25, 0.3) is 0 Å². The number of nitrogens with one attached hydrogen (secondary N) is 1. The average molecular weight is 316 g/mol. The molecule has 2 atom stereocenters. The number of hydrogen-bond acceptors (Lipinski definition) is 3. The second-order valence-electron chi connectivity index (χ2n) is 7.85. The minimum absolute atomic E-state index is 0.257. The first kappa shape index (κ1) is 16.2. The third kappa shape index (κ3) is 4.18. The smallest absolute Gasteiger partial charge is 0.407 e. The van der Waals surface area contributed by atoms with Gasteiger partial charge in [-0.2, -0.15) is 0 Å². The molecular formula is C19H28N2O2. The number of rotatable bonds is 3. The summed E-state index contributed by atoms with van der Waals surface area (Å²) in [5.74, 6) is 0.654. The number of para-hydroxylation sites is 1. The lowest BCUT2D eigenvalue weighted by Crippen LogP contribution is -2.38. The minimum atomic E-state index is -0.429. The van der Waals surface area contributed by atoms with Crippen LogP contribution in [0.5, 0.6) is 0 Å². The van der Waals surface area contributed by atoms with Gasteiger partial charge in [0.1, 0.15) is 5.60 Å². The van der Waals surface area contributed by atoms with E-state index in [4.69, 9.17) is 4.74 Å². The van der Waals surface area contributed by atoms with Crippen LogP contribution in [0, 0.1) is 5.92 Å². The Kier molecular flexibility index (Phi) is 4.51. The molecular weight excluding hydrogens is 288 g/mol. The number of amides is 1. The lowest BCUT2D eigenvalue weighted by Gasteiger charge is -2.24. The van der Waals surface area contributed by atoms with Crippen molar-refractivity contribution in [3.8, 4) is 0 Å². The molecule has 0 unspecified atom stereocenters. The van der Waals surface area contributed by atoms with Gasteiger partial charge in [0, 0.05) is 24.8 Å². The van der Waals surface area contributed by atoms with Gasteiger partial charge in [0.15, 0.2) is 0 Å². The van der Waals surface area contributed by atoms with Crippen LogP contribution in [0.3, 0.4) is 0 Å². The summed E-state index contributed by atoms with van der Waals surface area (Å²) in [7, 11) is 0. The van der Waals surface area contributed by atoms with Gasteiger partial charge in [-0.25, -0.2) is 4.79 Å². The van der Waals surface area contributed by atoms with Crippen LogP contribution in [-0.4, -0.2) is 30.8 Å². The summed E-state index contributed by atoms with van der Waals surface area (Å²) in [4.78, 5) is 14.4. The highest BCUT2D eigenvalue weighted by molar-refractivity contribution is 5.68. The van der Waals surface area contributed by atoms with E-state index in [1.54, 1.807) is 0 Å². The molecule has 4 nitrogen and oxygen atoms in total. The summed E-state index contributed by atoms with van der Waals surface area (Å²) in [5.41, 5.74) is 2.44. The van der Waals surface area contributed by atoms with Crippen molar-refractivity contribution in [3.05, 3.63) is 29.8 Å². The first-order chi connectivity index (χ1) is 10.9. The van der Waals surface area contributed by atoms with Crippen molar-refractivity contribution in [2.45, 2.75) is 58.1 Å². The van der Waals surface area contributed by atoms with Crippen molar-refractivity contribution in [2.24, 2.45) is 5.92 Å². The van der Waals surface area contributed by atoms with E-state index < -0.39 is 5.60 Å². The maximum atomic E-state index is 11.9. The Balaban J connectivity index is 1.48. The second kappa shape index (κ2) is 6.42. The normalized spacial score (nSPS) is 23.7. The summed E-state index contributed by atoms with van der Waals surface area (Å²) < 4.78 is 5.35. The van der Waals surface area contributed by atoms with Crippen LogP contribution in [0.2, 0.25) is 0 Å². The molecule has 2 aliphatic rings. The lowest BCUT2D eigenvalue weighted by molar-refractivity contribution is 0.0504. The van der Waals surface area contributed by atoms with Crippen LogP contribution in [0.15, 0.2) is 24.3 Å². The Bertz CT molecular complexity index is 565. The summed E-state index contributed by atoms with van der Waals surface area (Å²) in [5, 5.41) is 3.03. The molecule has 1 heterocycles. The average Bonchev–Trinajstić information content (AvgIpc) is 3.05. The molecule has 3 rings (SSSR count). The van der Waals surface area contributed by atoms with Crippen LogP contribution in [-0.2, 0) is 11.2 Å². The molecule has 1 aromatic rings. The molecule has 1 N–H and O–H groups in total. The Hall–Kier alpha value is -1.71. The van der Waals surface area contributed by atoms with E-state index in [9.17, 15) is 4.79 Å². The van der Waals surface area contributed by atoms with Crippen LogP contribution >= 0.6 is 0 Å².